The van der Waals surface area contributed by atoms with Gasteiger partial charge in [0.25, 0.3) is 0 Å². The molecule has 1 aliphatic heterocycles. The van der Waals surface area contributed by atoms with Crippen molar-refractivity contribution in [2.75, 3.05) is 25.5 Å². The Morgan fingerprint density at radius 2 is 2.30 bits per heavy atom. The van der Waals surface area contributed by atoms with Crippen LogP contribution in [0.5, 0.6) is 5.75 Å². The number of anilines is 1. The van der Waals surface area contributed by atoms with Gasteiger partial charge in [-0.05, 0) is 37.9 Å². The number of rotatable bonds is 4. The van der Waals surface area contributed by atoms with Crippen molar-refractivity contribution >= 4 is 23.2 Å². The zero-order chi connectivity index (χ0) is 14.8. The SMILES string of the molecule is CCC1(C(=O)Nc2cc(C)c(Cl)cc2OC)CCNC1. The van der Waals surface area contributed by atoms with Crippen LogP contribution >= 0.6 is 11.6 Å². The molecule has 0 spiro atoms. The maximum absolute atomic E-state index is 12.6. The molecule has 0 aliphatic carbocycles. The van der Waals surface area contributed by atoms with Crippen LogP contribution in [0, 0.1) is 12.3 Å². The predicted octanol–water partition coefficient (Wildman–Crippen LogP) is 2.99. The fourth-order valence-corrected chi connectivity index (χ4v) is 2.74. The second-order valence-corrected chi connectivity index (χ2v) is 5.72. The number of benzene rings is 1. The van der Waals surface area contributed by atoms with Gasteiger partial charge in [0.05, 0.1) is 18.2 Å². The number of nitrogens with one attached hydrogen (secondary N) is 2. The Morgan fingerprint density at radius 1 is 1.55 bits per heavy atom. The van der Waals surface area contributed by atoms with Crippen LogP contribution in [0.25, 0.3) is 0 Å². The Hall–Kier alpha value is -1.26. The summed E-state index contributed by atoms with van der Waals surface area (Å²) in [7, 11) is 1.57. The van der Waals surface area contributed by atoms with Crippen LogP contribution < -0.4 is 15.4 Å². The first-order valence-electron chi connectivity index (χ1n) is 6.89. The van der Waals surface area contributed by atoms with Crippen molar-refractivity contribution < 1.29 is 9.53 Å². The van der Waals surface area contributed by atoms with Crippen LogP contribution in [0.2, 0.25) is 5.02 Å². The van der Waals surface area contributed by atoms with Gasteiger partial charge in [0.1, 0.15) is 5.75 Å². The highest BCUT2D eigenvalue weighted by Gasteiger charge is 2.39. The van der Waals surface area contributed by atoms with Crippen molar-refractivity contribution in [2.45, 2.75) is 26.7 Å². The van der Waals surface area contributed by atoms with E-state index in [0.29, 0.717) is 16.5 Å². The molecule has 2 N–H and O–H groups in total. The largest absolute Gasteiger partial charge is 0.495 e. The average Bonchev–Trinajstić information content (AvgIpc) is 2.92. The van der Waals surface area contributed by atoms with Crippen molar-refractivity contribution in [2.24, 2.45) is 5.41 Å². The first kappa shape index (κ1) is 15.1. The average molecular weight is 297 g/mol. The summed E-state index contributed by atoms with van der Waals surface area (Å²) in [5.41, 5.74) is 1.27. The highest BCUT2D eigenvalue weighted by Crippen LogP contribution is 2.35. The van der Waals surface area contributed by atoms with Crippen LogP contribution in [0.4, 0.5) is 5.69 Å². The first-order valence-corrected chi connectivity index (χ1v) is 7.26. The van der Waals surface area contributed by atoms with Crippen LogP contribution in [-0.2, 0) is 4.79 Å². The molecule has 1 heterocycles. The summed E-state index contributed by atoms with van der Waals surface area (Å²) in [4.78, 5) is 12.6. The Morgan fingerprint density at radius 3 is 2.85 bits per heavy atom. The minimum absolute atomic E-state index is 0.0463. The van der Waals surface area contributed by atoms with Crippen LogP contribution in [0.15, 0.2) is 12.1 Å². The third-order valence-corrected chi connectivity index (χ3v) is 4.54. The molecule has 1 aromatic carbocycles. The molecule has 1 fully saturated rings. The summed E-state index contributed by atoms with van der Waals surface area (Å²) in [5.74, 6) is 0.635. The fourth-order valence-electron chi connectivity index (χ4n) is 2.58. The number of carbonyl (C=O) groups is 1. The summed E-state index contributed by atoms with van der Waals surface area (Å²) >= 11 is 6.08. The van der Waals surface area contributed by atoms with E-state index in [4.69, 9.17) is 16.3 Å². The van der Waals surface area contributed by atoms with Crippen LogP contribution in [-0.4, -0.2) is 26.1 Å². The standard InChI is InChI=1S/C15H21ClN2O2/c1-4-15(5-6-17-9-15)14(19)18-12-7-10(2)11(16)8-13(12)20-3/h7-8,17H,4-6,9H2,1-3H3,(H,18,19). The van der Waals surface area contributed by atoms with Crippen molar-refractivity contribution in [3.63, 3.8) is 0 Å². The number of halogens is 1. The third kappa shape index (κ3) is 2.76. The lowest BCUT2D eigenvalue weighted by atomic mass is 9.83. The minimum Gasteiger partial charge on any atom is -0.495 e. The van der Waals surface area contributed by atoms with E-state index >= 15 is 0 Å². The highest BCUT2D eigenvalue weighted by molar-refractivity contribution is 6.31. The first-order chi connectivity index (χ1) is 9.52. The molecule has 20 heavy (non-hydrogen) atoms. The number of ether oxygens (including phenoxy) is 1. The second-order valence-electron chi connectivity index (χ2n) is 5.32. The van der Waals surface area contributed by atoms with E-state index in [1.165, 1.54) is 0 Å². The quantitative estimate of drug-likeness (QED) is 0.898. The number of carbonyl (C=O) groups excluding carboxylic acids is 1. The van der Waals surface area contributed by atoms with Gasteiger partial charge in [0.2, 0.25) is 5.91 Å². The van der Waals surface area contributed by atoms with E-state index in [1.807, 2.05) is 13.0 Å². The molecule has 1 unspecified atom stereocenters. The molecular weight excluding hydrogens is 276 g/mol. The molecule has 0 bridgehead atoms. The molecular formula is C15H21ClN2O2. The molecule has 5 heteroatoms. The summed E-state index contributed by atoms with van der Waals surface area (Å²) in [5, 5.41) is 6.90. The highest BCUT2D eigenvalue weighted by atomic mass is 35.5. The van der Waals surface area contributed by atoms with E-state index in [1.54, 1.807) is 13.2 Å². The molecule has 0 radical (unpaired) electrons. The third-order valence-electron chi connectivity index (χ3n) is 4.13. The smallest absolute Gasteiger partial charge is 0.232 e. The summed E-state index contributed by atoms with van der Waals surface area (Å²) in [6.45, 7) is 5.57. The lowest BCUT2D eigenvalue weighted by molar-refractivity contribution is -0.124. The van der Waals surface area contributed by atoms with E-state index in [9.17, 15) is 4.79 Å². The van der Waals surface area contributed by atoms with E-state index in [2.05, 4.69) is 17.6 Å². The molecule has 1 amide bonds. The van der Waals surface area contributed by atoms with Gasteiger partial charge in [-0.1, -0.05) is 18.5 Å². The topological polar surface area (TPSA) is 50.4 Å². The lowest BCUT2D eigenvalue weighted by Gasteiger charge is -2.26. The minimum atomic E-state index is -0.321. The van der Waals surface area contributed by atoms with Gasteiger partial charge in [-0.15, -0.1) is 0 Å². The number of aryl methyl sites for hydroxylation is 1. The Kier molecular flexibility index (Phi) is 4.55. The summed E-state index contributed by atoms with van der Waals surface area (Å²) in [6.07, 6.45) is 1.69. The molecule has 1 saturated heterocycles. The Balaban J connectivity index is 2.25. The molecule has 1 aromatic rings. The van der Waals surface area contributed by atoms with Gasteiger partial charge in [0.15, 0.2) is 0 Å². The van der Waals surface area contributed by atoms with Gasteiger partial charge < -0.3 is 15.4 Å². The molecule has 1 aliphatic rings. The van der Waals surface area contributed by atoms with E-state index < -0.39 is 0 Å². The lowest BCUT2D eigenvalue weighted by Crippen LogP contribution is -2.37. The molecule has 2 rings (SSSR count). The van der Waals surface area contributed by atoms with Gasteiger partial charge >= 0.3 is 0 Å². The summed E-state index contributed by atoms with van der Waals surface area (Å²) in [6, 6.07) is 3.59. The number of hydrogen-bond donors (Lipinski definition) is 2. The number of methoxy groups -OCH3 is 1. The monoisotopic (exact) mass is 296 g/mol. The van der Waals surface area contributed by atoms with Crippen molar-refractivity contribution in [1.82, 2.24) is 5.32 Å². The van der Waals surface area contributed by atoms with E-state index in [-0.39, 0.29) is 11.3 Å². The maximum Gasteiger partial charge on any atom is 0.232 e. The van der Waals surface area contributed by atoms with Gasteiger partial charge in [-0.25, -0.2) is 0 Å². The Bertz CT molecular complexity index is 511. The number of hydrogen-bond acceptors (Lipinski definition) is 3. The zero-order valence-electron chi connectivity index (χ0n) is 12.2. The molecule has 110 valence electrons. The van der Waals surface area contributed by atoms with Crippen molar-refractivity contribution in [3.05, 3.63) is 22.7 Å². The van der Waals surface area contributed by atoms with Gasteiger partial charge in [0, 0.05) is 17.6 Å². The zero-order valence-corrected chi connectivity index (χ0v) is 12.9. The number of amides is 1. The molecule has 0 aromatic heterocycles. The van der Waals surface area contributed by atoms with E-state index in [0.717, 1.165) is 31.5 Å². The fraction of sp³-hybridized carbons (Fsp3) is 0.533. The molecule has 0 saturated carbocycles. The van der Waals surface area contributed by atoms with Crippen LogP contribution in [0.1, 0.15) is 25.3 Å². The van der Waals surface area contributed by atoms with Gasteiger partial charge in [-0.2, -0.15) is 0 Å². The summed E-state index contributed by atoms with van der Waals surface area (Å²) < 4.78 is 5.30. The molecule has 1 atom stereocenters. The maximum atomic E-state index is 12.6. The Labute approximate surface area is 124 Å². The second kappa shape index (κ2) is 6.02. The van der Waals surface area contributed by atoms with Crippen LogP contribution in [0.3, 0.4) is 0 Å². The predicted molar refractivity (Wildman–Crippen MR) is 81.6 cm³/mol. The molecule has 4 nitrogen and oxygen atoms in total. The normalized spacial score (nSPS) is 21.8. The van der Waals surface area contributed by atoms with Gasteiger partial charge in [-0.3, -0.25) is 4.79 Å². The van der Waals surface area contributed by atoms with Crippen molar-refractivity contribution in [3.8, 4) is 5.75 Å². The van der Waals surface area contributed by atoms with Crippen molar-refractivity contribution in [1.29, 1.82) is 0 Å².